The summed E-state index contributed by atoms with van der Waals surface area (Å²) in [7, 11) is 0. The molecule has 0 fully saturated rings. The molecule has 0 saturated heterocycles. The second kappa shape index (κ2) is 5.76. The van der Waals surface area contributed by atoms with Crippen molar-refractivity contribution >= 4 is 23.2 Å². The van der Waals surface area contributed by atoms with Crippen molar-refractivity contribution in [3.8, 4) is 11.3 Å². The summed E-state index contributed by atoms with van der Waals surface area (Å²) in [6, 6.07) is 10.9. The molecule has 0 bridgehead atoms. The van der Waals surface area contributed by atoms with Crippen LogP contribution in [0.25, 0.3) is 11.3 Å². The molecule has 1 amide bonds. The fraction of sp³-hybridized carbons (Fsp3) is 0. The maximum absolute atomic E-state index is 12.2. The van der Waals surface area contributed by atoms with Gasteiger partial charge in [-0.25, -0.2) is 0 Å². The van der Waals surface area contributed by atoms with Crippen LogP contribution in [0.15, 0.2) is 55.0 Å². The van der Waals surface area contributed by atoms with Gasteiger partial charge in [0.05, 0.1) is 16.3 Å². The van der Waals surface area contributed by atoms with Crippen molar-refractivity contribution in [3.05, 3.63) is 65.6 Å². The van der Waals surface area contributed by atoms with Gasteiger partial charge in [-0.15, -0.1) is 0 Å². The van der Waals surface area contributed by atoms with Gasteiger partial charge in [-0.05, 0) is 24.3 Å². The fourth-order valence-electron chi connectivity index (χ4n) is 1.94. The van der Waals surface area contributed by atoms with E-state index in [4.69, 9.17) is 11.6 Å². The van der Waals surface area contributed by atoms with E-state index in [1.807, 2.05) is 30.3 Å². The SMILES string of the molecule is O=C(Nc1cccc(-c2ccn[nH]2)c1)c1ccncc1Cl. The highest BCUT2D eigenvalue weighted by molar-refractivity contribution is 6.34. The van der Waals surface area contributed by atoms with Crippen LogP contribution in [0.2, 0.25) is 5.02 Å². The van der Waals surface area contributed by atoms with E-state index in [0.717, 1.165) is 11.3 Å². The molecule has 0 aliphatic heterocycles. The maximum atomic E-state index is 12.2. The van der Waals surface area contributed by atoms with Gasteiger partial charge in [-0.3, -0.25) is 14.9 Å². The van der Waals surface area contributed by atoms with E-state index < -0.39 is 0 Å². The highest BCUT2D eigenvalue weighted by Gasteiger charge is 2.10. The van der Waals surface area contributed by atoms with Crippen LogP contribution in [0.3, 0.4) is 0 Å². The summed E-state index contributed by atoms with van der Waals surface area (Å²) in [5, 5.41) is 9.93. The second-order valence-corrected chi connectivity index (χ2v) is 4.77. The summed E-state index contributed by atoms with van der Waals surface area (Å²) in [5.74, 6) is -0.274. The van der Waals surface area contributed by atoms with Gasteiger partial charge < -0.3 is 5.32 Å². The Bertz CT molecular complexity index is 771. The summed E-state index contributed by atoms with van der Waals surface area (Å²) in [6.07, 6.45) is 4.65. The Morgan fingerprint density at radius 2 is 2.10 bits per heavy atom. The third-order valence-corrected chi connectivity index (χ3v) is 3.25. The standard InChI is InChI=1S/C15H11ClN4O/c16-13-9-17-6-4-12(13)15(21)19-11-3-1-2-10(8-11)14-5-7-18-20-14/h1-9H,(H,18,20)(H,19,21). The van der Waals surface area contributed by atoms with Crippen LogP contribution in [0.1, 0.15) is 10.4 Å². The zero-order chi connectivity index (χ0) is 14.7. The van der Waals surface area contributed by atoms with E-state index in [0.29, 0.717) is 16.3 Å². The van der Waals surface area contributed by atoms with Crippen LogP contribution in [-0.2, 0) is 0 Å². The summed E-state index contributed by atoms with van der Waals surface area (Å²) in [5.41, 5.74) is 2.89. The van der Waals surface area contributed by atoms with E-state index in [1.165, 1.54) is 12.4 Å². The minimum absolute atomic E-state index is 0.274. The number of carbonyl (C=O) groups excluding carboxylic acids is 1. The van der Waals surface area contributed by atoms with Gasteiger partial charge in [0.25, 0.3) is 5.91 Å². The Labute approximate surface area is 126 Å². The molecule has 5 nitrogen and oxygen atoms in total. The first-order valence-corrected chi connectivity index (χ1v) is 6.62. The van der Waals surface area contributed by atoms with E-state index in [1.54, 1.807) is 12.3 Å². The molecule has 0 aliphatic rings. The largest absolute Gasteiger partial charge is 0.322 e. The molecular weight excluding hydrogens is 288 g/mol. The number of hydrogen-bond donors (Lipinski definition) is 2. The van der Waals surface area contributed by atoms with Crippen molar-refractivity contribution in [1.82, 2.24) is 15.2 Å². The number of rotatable bonds is 3. The normalized spacial score (nSPS) is 10.3. The minimum atomic E-state index is -0.274. The zero-order valence-electron chi connectivity index (χ0n) is 10.9. The number of nitrogens with one attached hydrogen (secondary N) is 2. The summed E-state index contributed by atoms with van der Waals surface area (Å²) in [6.45, 7) is 0. The molecule has 0 saturated carbocycles. The van der Waals surface area contributed by atoms with E-state index in [-0.39, 0.29) is 5.91 Å². The van der Waals surface area contributed by atoms with Gasteiger partial charge in [0, 0.05) is 29.8 Å². The molecule has 0 aliphatic carbocycles. The van der Waals surface area contributed by atoms with Crippen molar-refractivity contribution in [2.45, 2.75) is 0 Å². The van der Waals surface area contributed by atoms with Crippen molar-refractivity contribution in [2.24, 2.45) is 0 Å². The average Bonchev–Trinajstić information content (AvgIpc) is 3.02. The van der Waals surface area contributed by atoms with Crippen LogP contribution in [0.5, 0.6) is 0 Å². The number of benzene rings is 1. The Hall–Kier alpha value is -2.66. The number of amides is 1. The van der Waals surface area contributed by atoms with Crippen LogP contribution >= 0.6 is 11.6 Å². The zero-order valence-corrected chi connectivity index (χ0v) is 11.6. The van der Waals surface area contributed by atoms with E-state index in [9.17, 15) is 4.79 Å². The van der Waals surface area contributed by atoms with Gasteiger partial charge >= 0.3 is 0 Å². The number of hydrogen-bond acceptors (Lipinski definition) is 3. The fourth-order valence-corrected chi connectivity index (χ4v) is 2.14. The minimum Gasteiger partial charge on any atom is -0.322 e. The first-order chi connectivity index (χ1) is 10.2. The second-order valence-electron chi connectivity index (χ2n) is 4.36. The third kappa shape index (κ3) is 2.93. The third-order valence-electron chi connectivity index (χ3n) is 2.95. The van der Waals surface area contributed by atoms with Crippen LogP contribution in [-0.4, -0.2) is 21.1 Å². The Morgan fingerprint density at radius 3 is 2.86 bits per heavy atom. The topological polar surface area (TPSA) is 70.7 Å². The molecule has 0 atom stereocenters. The highest BCUT2D eigenvalue weighted by Crippen LogP contribution is 2.21. The van der Waals surface area contributed by atoms with Crippen molar-refractivity contribution in [3.63, 3.8) is 0 Å². The summed E-state index contributed by atoms with van der Waals surface area (Å²) < 4.78 is 0. The van der Waals surface area contributed by atoms with Gasteiger partial charge in [0.15, 0.2) is 0 Å². The Kier molecular flexibility index (Phi) is 3.66. The van der Waals surface area contributed by atoms with Crippen LogP contribution in [0, 0.1) is 0 Å². The molecule has 0 radical (unpaired) electrons. The number of pyridine rings is 1. The van der Waals surface area contributed by atoms with Crippen molar-refractivity contribution in [2.75, 3.05) is 5.32 Å². The van der Waals surface area contributed by atoms with Crippen molar-refractivity contribution < 1.29 is 4.79 Å². The molecule has 2 aromatic heterocycles. The summed E-state index contributed by atoms with van der Waals surface area (Å²) in [4.78, 5) is 16.0. The molecule has 2 N–H and O–H groups in total. The first-order valence-electron chi connectivity index (χ1n) is 6.25. The molecule has 104 valence electrons. The number of halogens is 1. The van der Waals surface area contributed by atoms with Crippen LogP contribution < -0.4 is 5.32 Å². The predicted molar refractivity (Wildman–Crippen MR) is 81.2 cm³/mol. The highest BCUT2D eigenvalue weighted by atomic mass is 35.5. The first kappa shape index (κ1) is 13.3. The number of anilines is 1. The van der Waals surface area contributed by atoms with E-state index >= 15 is 0 Å². The molecule has 1 aromatic carbocycles. The molecule has 21 heavy (non-hydrogen) atoms. The number of carbonyl (C=O) groups is 1. The molecule has 2 heterocycles. The molecule has 3 rings (SSSR count). The molecular formula is C15H11ClN4O. The number of aromatic nitrogens is 3. The van der Waals surface area contributed by atoms with Gasteiger partial charge in [-0.2, -0.15) is 5.10 Å². The summed E-state index contributed by atoms with van der Waals surface area (Å²) >= 11 is 5.96. The molecule has 0 unspecified atom stereocenters. The lowest BCUT2D eigenvalue weighted by Crippen LogP contribution is -2.12. The number of nitrogens with zero attached hydrogens (tertiary/aromatic N) is 2. The monoisotopic (exact) mass is 298 g/mol. The van der Waals surface area contributed by atoms with Crippen molar-refractivity contribution in [1.29, 1.82) is 0 Å². The predicted octanol–water partition coefficient (Wildman–Crippen LogP) is 3.38. The number of H-pyrrole nitrogens is 1. The van der Waals surface area contributed by atoms with Gasteiger partial charge in [0.2, 0.25) is 0 Å². The van der Waals surface area contributed by atoms with Crippen LogP contribution in [0.4, 0.5) is 5.69 Å². The van der Waals surface area contributed by atoms with Gasteiger partial charge in [0.1, 0.15) is 0 Å². The lowest BCUT2D eigenvalue weighted by atomic mass is 10.1. The Balaban J connectivity index is 1.84. The quantitative estimate of drug-likeness (QED) is 0.778. The molecule has 6 heteroatoms. The molecule has 0 spiro atoms. The number of aromatic amines is 1. The Morgan fingerprint density at radius 1 is 1.19 bits per heavy atom. The lowest BCUT2D eigenvalue weighted by Gasteiger charge is -2.07. The average molecular weight is 299 g/mol. The van der Waals surface area contributed by atoms with Gasteiger partial charge in [-0.1, -0.05) is 23.7 Å². The van der Waals surface area contributed by atoms with E-state index in [2.05, 4.69) is 20.5 Å². The smallest absolute Gasteiger partial charge is 0.257 e. The maximum Gasteiger partial charge on any atom is 0.257 e. The molecule has 3 aromatic rings. The lowest BCUT2D eigenvalue weighted by molar-refractivity contribution is 0.102.